The number of ether oxygens (including phenoxy) is 1. The Balaban J connectivity index is 1.30. The van der Waals surface area contributed by atoms with Crippen LogP contribution in [-0.2, 0) is 17.8 Å². The van der Waals surface area contributed by atoms with Crippen molar-refractivity contribution in [1.29, 1.82) is 0 Å². The van der Waals surface area contributed by atoms with Gasteiger partial charge >= 0.3 is 0 Å². The predicted molar refractivity (Wildman–Crippen MR) is 153 cm³/mol. The molecule has 0 aliphatic carbocycles. The average Bonchev–Trinajstić information content (AvgIpc) is 3.42. The summed E-state index contributed by atoms with van der Waals surface area (Å²) in [5.74, 6) is -2.81. The van der Waals surface area contributed by atoms with E-state index in [2.05, 4.69) is 20.6 Å². The first-order valence-electron chi connectivity index (χ1n) is 13.1. The highest BCUT2D eigenvalue weighted by atomic mass is 19.2. The summed E-state index contributed by atoms with van der Waals surface area (Å²) < 4.78 is 33.1. The summed E-state index contributed by atoms with van der Waals surface area (Å²) in [7, 11) is 1.56. The number of methoxy groups -OCH3 is 1. The van der Waals surface area contributed by atoms with Crippen LogP contribution in [0.25, 0.3) is 22.2 Å². The van der Waals surface area contributed by atoms with Crippen LogP contribution in [0.15, 0.2) is 84.0 Å². The fourth-order valence-corrected chi connectivity index (χ4v) is 4.53. The second-order valence-corrected chi connectivity index (χ2v) is 9.56. The largest absolute Gasteiger partial charge is 0.383 e. The molecule has 0 atom stereocenters. The standard InChI is InChI=1S/C31H27F2N5O4/c1-42-11-9-34-29(39)22-14-24-25(17-36-28(24)35-16-22)21-5-2-4-19(12-21)15-37-30(40)23-6-3-10-38(31(23)41)18-20-7-8-26(32)27(33)13-20/h2-8,10,12-14,16-17H,9,11,15,18H2,1H3,(H,34,39)(H,35,36)(H,37,40). The number of aromatic amines is 1. The first-order chi connectivity index (χ1) is 20.3. The molecule has 3 N–H and O–H groups in total. The quantitative estimate of drug-likeness (QED) is 0.219. The van der Waals surface area contributed by atoms with E-state index in [1.54, 1.807) is 25.4 Å². The van der Waals surface area contributed by atoms with Crippen molar-refractivity contribution < 1.29 is 23.1 Å². The van der Waals surface area contributed by atoms with Crippen LogP contribution < -0.4 is 16.2 Å². The van der Waals surface area contributed by atoms with Gasteiger partial charge in [0.2, 0.25) is 0 Å². The van der Waals surface area contributed by atoms with Gasteiger partial charge in [-0.05, 0) is 53.1 Å². The number of aromatic nitrogens is 3. The highest BCUT2D eigenvalue weighted by Gasteiger charge is 2.15. The van der Waals surface area contributed by atoms with Crippen LogP contribution in [0.2, 0.25) is 0 Å². The van der Waals surface area contributed by atoms with Gasteiger partial charge in [0.15, 0.2) is 11.6 Å². The van der Waals surface area contributed by atoms with Gasteiger partial charge in [0.25, 0.3) is 17.4 Å². The maximum atomic E-state index is 13.6. The molecule has 3 aromatic heterocycles. The monoisotopic (exact) mass is 571 g/mol. The number of fused-ring (bicyclic) bond motifs is 1. The molecule has 214 valence electrons. The number of carbonyl (C=O) groups is 2. The molecule has 5 aromatic rings. The molecular formula is C31H27F2N5O4. The first-order valence-corrected chi connectivity index (χ1v) is 13.1. The van der Waals surface area contributed by atoms with Crippen molar-refractivity contribution in [1.82, 2.24) is 25.2 Å². The van der Waals surface area contributed by atoms with Crippen molar-refractivity contribution in [3.05, 3.63) is 123 Å². The number of H-pyrrole nitrogens is 1. The summed E-state index contributed by atoms with van der Waals surface area (Å²) in [6.07, 6.45) is 4.79. The van der Waals surface area contributed by atoms with Crippen LogP contribution in [0.3, 0.4) is 0 Å². The Morgan fingerprint density at radius 1 is 0.976 bits per heavy atom. The fraction of sp³-hybridized carbons (Fsp3) is 0.161. The lowest BCUT2D eigenvalue weighted by Gasteiger charge is -2.10. The number of benzene rings is 2. The number of hydrogen-bond acceptors (Lipinski definition) is 5. The zero-order valence-electron chi connectivity index (χ0n) is 22.6. The third-order valence-corrected chi connectivity index (χ3v) is 6.68. The van der Waals surface area contributed by atoms with Crippen molar-refractivity contribution in [2.45, 2.75) is 13.1 Å². The van der Waals surface area contributed by atoms with Crippen LogP contribution in [0.1, 0.15) is 31.8 Å². The molecule has 5 rings (SSSR count). The Bertz CT molecular complexity index is 1830. The van der Waals surface area contributed by atoms with Crippen LogP contribution >= 0.6 is 0 Å². The second kappa shape index (κ2) is 12.6. The highest BCUT2D eigenvalue weighted by molar-refractivity contribution is 6.01. The van der Waals surface area contributed by atoms with Crippen molar-refractivity contribution in [3.8, 4) is 11.1 Å². The Kier molecular flexibility index (Phi) is 8.49. The number of carbonyl (C=O) groups excluding carboxylic acids is 2. The van der Waals surface area contributed by atoms with Gasteiger partial charge in [-0.3, -0.25) is 14.4 Å². The van der Waals surface area contributed by atoms with Gasteiger partial charge in [-0.2, -0.15) is 0 Å². The lowest BCUT2D eigenvalue weighted by molar-refractivity contribution is 0.0933. The number of pyridine rings is 2. The molecular weight excluding hydrogens is 544 g/mol. The number of amides is 2. The third kappa shape index (κ3) is 6.26. The molecule has 2 aromatic carbocycles. The van der Waals surface area contributed by atoms with E-state index in [0.717, 1.165) is 34.2 Å². The minimum Gasteiger partial charge on any atom is -0.383 e. The lowest BCUT2D eigenvalue weighted by Crippen LogP contribution is -2.32. The number of nitrogens with zero attached hydrogens (tertiary/aromatic N) is 2. The topological polar surface area (TPSA) is 118 Å². The second-order valence-electron chi connectivity index (χ2n) is 9.56. The Hall–Kier alpha value is -5.16. The Morgan fingerprint density at radius 3 is 2.64 bits per heavy atom. The molecule has 0 radical (unpaired) electrons. The van der Waals surface area contributed by atoms with E-state index < -0.39 is 23.1 Å². The van der Waals surface area contributed by atoms with E-state index in [0.29, 0.717) is 29.9 Å². The molecule has 0 aliphatic heterocycles. The molecule has 0 saturated carbocycles. The van der Waals surface area contributed by atoms with Gasteiger partial charge in [-0.25, -0.2) is 13.8 Å². The number of hydrogen-bond donors (Lipinski definition) is 3. The summed E-state index contributed by atoms with van der Waals surface area (Å²) in [5.41, 5.74) is 3.27. The van der Waals surface area contributed by atoms with Crippen molar-refractivity contribution in [2.24, 2.45) is 0 Å². The van der Waals surface area contributed by atoms with E-state index in [-0.39, 0.29) is 24.6 Å². The molecule has 2 amide bonds. The summed E-state index contributed by atoms with van der Waals surface area (Å²) in [6, 6.07) is 15.6. The van der Waals surface area contributed by atoms with E-state index in [4.69, 9.17) is 4.74 Å². The van der Waals surface area contributed by atoms with Gasteiger partial charge in [0, 0.05) is 49.7 Å². The normalized spacial score (nSPS) is 11.0. The van der Waals surface area contributed by atoms with E-state index in [1.165, 1.54) is 29.1 Å². The van der Waals surface area contributed by atoms with Gasteiger partial charge < -0.3 is 24.9 Å². The number of rotatable bonds is 10. The van der Waals surface area contributed by atoms with Crippen molar-refractivity contribution in [3.63, 3.8) is 0 Å². The molecule has 0 aliphatic rings. The van der Waals surface area contributed by atoms with E-state index in [9.17, 15) is 23.2 Å². The average molecular weight is 572 g/mol. The zero-order chi connectivity index (χ0) is 29.6. The molecule has 0 saturated heterocycles. The minimum absolute atomic E-state index is 0.0186. The number of nitrogens with one attached hydrogen (secondary N) is 3. The molecule has 0 unspecified atom stereocenters. The molecule has 0 fully saturated rings. The zero-order valence-corrected chi connectivity index (χ0v) is 22.6. The molecule has 3 heterocycles. The van der Waals surface area contributed by atoms with Crippen LogP contribution in [0.4, 0.5) is 8.78 Å². The SMILES string of the molecule is COCCNC(=O)c1cnc2[nH]cc(-c3cccc(CNC(=O)c4cccn(Cc5ccc(F)c(F)c5)c4=O)c3)c2c1. The number of halogens is 2. The van der Waals surface area contributed by atoms with Gasteiger partial charge in [0.1, 0.15) is 11.2 Å². The van der Waals surface area contributed by atoms with Crippen LogP contribution in [-0.4, -0.2) is 46.6 Å². The smallest absolute Gasteiger partial charge is 0.263 e. The molecule has 0 spiro atoms. The first kappa shape index (κ1) is 28.4. The maximum absolute atomic E-state index is 13.6. The van der Waals surface area contributed by atoms with Crippen LogP contribution in [0, 0.1) is 11.6 Å². The Labute approximate surface area is 239 Å². The summed E-state index contributed by atoms with van der Waals surface area (Å²) in [5, 5.41) is 6.32. The third-order valence-electron chi connectivity index (χ3n) is 6.68. The van der Waals surface area contributed by atoms with Gasteiger partial charge in [0.05, 0.1) is 18.7 Å². The molecule has 11 heteroatoms. The predicted octanol–water partition coefficient (Wildman–Crippen LogP) is 4.02. The highest BCUT2D eigenvalue weighted by Crippen LogP contribution is 2.29. The molecule has 9 nitrogen and oxygen atoms in total. The van der Waals surface area contributed by atoms with Crippen molar-refractivity contribution in [2.75, 3.05) is 20.3 Å². The molecule has 0 bridgehead atoms. The van der Waals surface area contributed by atoms with Crippen LogP contribution in [0.5, 0.6) is 0 Å². The fourth-order valence-electron chi connectivity index (χ4n) is 4.53. The lowest BCUT2D eigenvalue weighted by atomic mass is 10.0. The summed E-state index contributed by atoms with van der Waals surface area (Å²) >= 11 is 0. The summed E-state index contributed by atoms with van der Waals surface area (Å²) in [6.45, 7) is 0.914. The van der Waals surface area contributed by atoms with E-state index >= 15 is 0 Å². The van der Waals surface area contributed by atoms with Gasteiger partial charge in [-0.1, -0.05) is 24.3 Å². The van der Waals surface area contributed by atoms with Crippen molar-refractivity contribution >= 4 is 22.8 Å². The van der Waals surface area contributed by atoms with Gasteiger partial charge in [-0.15, -0.1) is 0 Å². The minimum atomic E-state index is -1.01. The van der Waals surface area contributed by atoms with E-state index in [1.807, 2.05) is 24.3 Å². The Morgan fingerprint density at radius 2 is 1.83 bits per heavy atom. The maximum Gasteiger partial charge on any atom is 0.263 e. The molecule has 42 heavy (non-hydrogen) atoms. The summed E-state index contributed by atoms with van der Waals surface area (Å²) in [4.78, 5) is 45.9.